The van der Waals surface area contributed by atoms with E-state index in [4.69, 9.17) is 9.51 Å². The number of carbonyl (C=O) groups excluding carboxylic acids is 1. The number of benzene rings is 1. The van der Waals surface area contributed by atoms with Crippen molar-refractivity contribution in [3.05, 3.63) is 54.3 Å². The highest BCUT2D eigenvalue weighted by Gasteiger charge is 2.23. The van der Waals surface area contributed by atoms with Crippen LogP contribution >= 0.6 is 0 Å². The predicted molar refractivity (Wildman–Crippen MR) is 122 cm³/mol. The van der Waals surface area contributed by atoms with Crippen LogP contribution in [-0.4, -0.2) is 57.1 Å². The van der Waals surface area contributed by atoms with Gasteiger partial charge < -0.3 is 14.3 Å². The molecule has 8 heteroatoms. The lowest BCUT2D eigenvalue weighted by Crippen LogP contribution is -2.49. The maximum atomic E-state index is 12.7. The topological polar surface area (TPSA) is 88.3 Å². The van der Waals surface area contributed by atoms with Crippen molar-refractivity contribution in [1.82, 2.24) is 25.0 Å². The van der Waals surface area contributed by atoms with E-state index in [-0.39, 0.29) is 11.3 Å². The van der Waals surface area contributed by atoms with E-state index in [9.17, 15) is 4.79 Å². The molecule has 1 saturated heterocycles. The maximum Gasteiger partial charge on any atom is 0.226 e. The minimum atomic E-state index is -0.136. The van der Waals surface area contributed by atoms with Crippen LogP contribution in [-0.2, 0) is 16.6 Å². The van der Waals surface area contributed by atoms with E-state index >= 15 is 0 Å². The minimum absolute atomic E-state index is 0.136. The maximum absolute atomic E-state index is 12.7. The molecule has 0 bridgehead atoms. The Hall–Kier alpha value is -3.29. The number of hydrogen-bond donors (Lipinski definition) is 0. The van der Waals surface area contributed by atoms with Crippen molar-refractivity contribution in [2.75, 3.05) is 31.1 Å². The first-order valence-corrected chi connectivity index (χ1v) is 11.1. The van der Waals surface area contributed by atoms with Gasteiger partial charge in [-0.1, -0.05) is 56.3 Å². The van der Waals surface area contributed by atoms with Crippen molar-refractivity contribution in [3.8, 4) is 11.4 Å². The average Bonchev–Trinajstić information content (AvgIpc) is 3.29. The summed E-state index contributed by atoms with van der Waals surface area (Å²) in [6.45, 7) is 9.06. The molecule has 1 aliphatic heterocycles. The SMILES string of the molecule is CC(C)(C)c1noc(CCCC(=O)N2CCN(c3ccnc(-c4ccccc4)n3)CC2)n1. The molecular formula is C24H30N6O2. The number of aromatic nitrogens is 4. The van der Waals surface area contributed by atoms with Crippen LogP contribution in [0.25, 0.3) is 11.4 Å². The van der Waals surface area contributed by atoms with E-state index in [1.807, 2.05) is 41.3 Å². The molecule has 8 nitrogen and oxygen atoms in total. The van der Waals surface area contributed by atoms with Gasteiger partial charge >= 0.3 is 0 Å². The summed E-state index contributed by atoms with van der Waals surface area (Å²) in [6.07, 6.45) is 3.61. The lowest BCUT2D eigenvalue weighted by atomic mass is 9.96. The minimum Gasteiger partial charge on any atom is -0.353 e. The standard InChI is InChI=1S/C24H30N6O2/c1-24(2,3)23-27-20(32-28-23)10-7-11-21(31)30-16-14-29(15-17-30)19-12-13-25-22(26-19)18-8-5-4-6-9-18/h4-6,8-9,12-13H,7,10-11,14-17H2,1-3H3. The summed E-state index contributed by atoms with van der Waals surface area (Å²) in [5.74, 6) is 3.10. The van der Waals surface area contributed by atoms with E-state index in [2.05, 4.69) is 40.8 Å². The lowest BCUT2D eigenvalue weighted by Gasteiger charge is -2.35. The van der Waals surface area contributed by atoms with Gasteiger partial charge in [-0.3, -0.25) is 4.79 Å². The zero-order chi connectivity index (χ0) is 22.6. The van der Waals surface area contributed by atoms with Gasteiger partial charge in [0.15, 0.2) is 11.6 Å². The Labute approximate surface area is 188 Å². The monoisotopic (exact) mass is 434 g/mol. The van der Waals surface area contributed by atoms with Gasteiger partial charge in [0.25, 0.3) is 0 Å². The number of aryl methyl sites for hydroxylation is 1. The Bertz CT molecular complexity index is 1040. The van der Waals surface area contributed by atoms with Crippen LogP contribution in [0, 0.1) is 0 Å². The third kappa shape index (κ3) is 5.30. The second-order valence-corrected chi connectivity index (χ2v) is 9.09. The molecule has 0 saturated carbocycles. The molecule has 1 fully saturated rings. The van der Waals surface area contributed by atoms with Gasteiger partial charge in [-0.05, 0) is 12.5 Å². The molecule has 168 valence electrons. The second kappa shape index (κ2) is 9.46. The summed E-state index contributed by atoms with van der Waals surface area (Å²) in [4.78, 5) is 30.4. The van der Waals surface area contributed by atoms with Crippen LogP contribution in [0.5, 0.6) is 0 Å². The van der Waals surface area contributed by atoms with Gasteiger partial charge in [0, 0.05) is 56.2 Å². The van der Waals surface area contributed by atoms with Gasteiger partial charge in [0.05, 0.1) is 0 Å². The highest BCUT2D eigenvalue weighted by Crippen LogP contribution is 2.20. The van der Waals surface area contributed by atoms with Crippen LogP contribution in [0.1, 0.15) is 45.3 Å². The van der Waals surface area contributed by atoms with E-state index in [0.29, 0.717) is 44.1 Å². The number of carbonyl (C=O) groups is 1. The highest BCUT2D eigenvalue weighted by atomic mass is 16.5. The first kappa shape index (κ1) is 21.9. The fraction of sp³-hybridized carbons (Fsp3) is 0.458. The molecule has 1 aromatic carbocycles. The summed E-state index contributed by atoms with van der Waals surface area (Å²) >= 11 is 0. The first-order chi connectivity index (χ1) is 15.4. The number of amides is 1. The quantitative estimate of drug-likeness (QED) is 0.587. The number of nitrogens with zero attached hydrogens (tertiary/aromatic N) is 6. The molecule has 4 rings (SSSR count). The van der Waals surface area contributed by atoms with Crippen LogP contribution in [0.3, 0.4) is 0 Å². The van der Waals surface area contributed by atoms with Crippen molar-refractivity contribution >= 4 is 11.7 Å². The van der Waals surface area contributed by atoms with Crippen molar-refractivity contribution in [2.24, 2.45) is 0 Å². The summed E-state index contributed by atoms with van der Waals surface area (Å²) in [5, 5.41) is 4.04. The van der Waals surface area contributed by atoms with E-state index < -0.39 is 0 Å². The number of rotatable bonds is 6. The van der Waals surface area contributed by atoms with Crippen LogP contribution in [0.2, 0.25) is 0 Å². The summed E-state index contributed by atoms with van der Waals surface area (Å²) in [5.41, 5.74) is 0.863. The second-order valence-electron chi connectivity index (χ2n) is 9.09. The van der Waals surface area contributed by atoms with Gasteiger partial charge in [0.2, 0.25) is 11.8 Å². The Morgan fingerprint density at radius 3 is 2.47 bits per heavy atom. The molecule has 1 amide bonds. The lowest BCUT2D eigenvalue weighted by molar-refractivity contribution is -0.131. The third-order valence-corrected chi connectivity index (χ3v) is 5.55. The van der Waals surface area contributed by atoms with Gasteiger partial charge in [-0.25, -0.2) is 9.97 Å². The van der Waals surface area contributed by atoms with E-state index in [0.717, 1.165) is 30.3 Å². The molecule has 0 spiro atoms. The Morgan fingerprint density at radius 1 is 1.03 bits per heavy atom. The smallest absolute Gasteiger partial charge is 0.226 e. The largest absolute Gasteiger partial charge is 0.353 e. The Morgan fingerprint density at radius 2 is 1.78 bits per heavy atom. The van der Waals surface area contributed by atoms with Gasteiger partial charge in [-0.2, -0.15) is 4.98 Å². The predicted octanol–water partition coefficient (Wildman–Crippen LogP) is 3.50. The molecular weight excluding hydrogens is 404 g/mol. The molecule has 3 heterocycles. The molecule has 0 atom stereocenters. The number of hydrogen-bond acceptors (Lipinski definition) is 7. The zero-order valence-electron chi connectivity index (χ0n) is 19.0. The zero-order valence-corrected chi connectivity index (χ0v) is 19.0. The number of anilines is 1. The molecule has 32 heavy (non-hydrogen) atoms. The number of piperazine rings is 1. The van der Waals surface area contributed by atoms with E-state index in [1.54, 1.807) is 6.20 Å². The summed E-state index contributed by atoms with van der Waals surface area (Å²) < 4.78 is 5.32. The van der Waals surface area contributed by atoms with Gasteiger partial charge in [0.1, 0.15) is 5.82 Å². The van der Waals surface area contributed by atoms with Crippen LogP contribution < -0.4 is 4.90 Å². The van der Waals surface area contributed by atoms with Crippen molar-refractivity contribution in [2.45, 2.75) is 45.4 Å². The molecule has 0 aliphatic carbocycles. The molecule has 0 N–H and O–H groups in total. The molecule has 0 unspecified atom stereocenters. The normalized spacial score (nSPS) is 14.6. The molecule has 1 aliphatic rings. The average molecular weight is 435 g/mol. The Balaban J connectivity index is 1.26. The fourth-order valence-corrected chi connectivity index (χ4v) is 3.65. The fourth-order valence-electron chi connectivity index (χ4n) is 3.65. The summed E-state index contributed by atoms with van der Waals surface area (Å²) in [6, 6.07) is 11.9. The summed E-state index contributed by atoms with van der Waals surface area (Å²) in [7, 11) is 0. The Kier molecular flexibility index (Phi) is 6.48. The third-order valence-electron chi connectivity index (χ3n) is 5.55. The van der Waals surface area contributed by atoms with Crippen molar-refractivity contribution < 1.29 is 9.32 Å². The molecule has 3 aromatic rings. The molecule has 0 radical (unpaired) electrons. The van der Waals surface area contributed by atoms with Crippen LogP contribution in [0.4, 0.5) is 5.82 Å². The molecule has 2 aromatic heterocycles. The van der Waals surface area contributed by atoms with Gasteiger partial charge in [-0.15, -0.1) is 0 Å². The van der Waals surface area contributed by atoms with E-state index in [1.165, 1.54) is 0 Å². The first-order valence-electron chi connectivity index (χ1n) is 11.1. The van der Waals surface area contributed by atoms with Crippen molar-refractivity contribution in [1.29, 1.82) is 0 Å². The van der Waals surface area contributed by atoms with Crippen LogP contribution in [0.15, 0.2) is 47.1 Å². The van der Waals surface area contributed by atoms with Crippen molar-refractivity contribution in [3.63, 3.8) is 0 Å². The highest BCUT2D eigenvalue weighted by molar-refractivity contribution is 5.76.